The van der Waals surface area contributed by atoms with Crippen molar-refractivity contribution in [1.82, 2.24) is 0 Å². The standard InChI is InChI=1S/C9H11NO4/c1-13-6-7-14-9-4-2-8(3-5-9)10(11)12/h2-5H,6-7H2,1H3. The Morgan fingerprint density at radius 1 is 1.29 bits per heavy atom. The van der Waals surface area contributed by atoms with Gasteiger partial charge in [-0.15, -0.1) is 0 Å². The fourth-order valence-electron chi connectivity index (χ4n) is 0.907. The molecular weight excluding hydrogens is 186 g/mol. The highest BCUT2D eigenvalue weighted by Crippen LogP contribution is 2.16. The molecule has 0 aromatic heterocycles. The zero-order valence-corrected chi connectivity index (χ0v) is 7.80. The average Bonchev–Trinajstić information content (AvgIpc) is 2.19. The highest BCUT2D eigenvalue weighted by molar-refractivity contribution is 5.35. The van der Waals surface area contributed by atoms with E-state index in [9.17, 15) is 10.1 Å². The zero-order chi connectivity index (χ0) is 10.4. The van der Waals surface area contributed by atoms with E-state index >= 15 is 0 Å². The van der Waals surface area contributed by atoms with Crippen molar-refractivity contribution in [2.75, 3.05) is 20.3 Å². The number of hydrogen-bond acceptors (Lipinski definition) is 4. The number of non-ortho nitro benzene ring substituents is 1. The van der Waals surface area contributed by atoms with E-state index in [1.807, 2.05) is 0 Å². The molecule has 0 saturated heterocycles. The summed E-state index contributed by atoms with van der Waals surface area (Å²) in [5.41, 5.74) is 0.0593. The quantitative estimate of drug-likeness (QED) is 0.409. The molecule has 0 N–H and O–H groups in total. The van der Waals surface area contributed by atoms with Gasteiger partial charge in [-0.3, -0.25) is 10.1 Å². The van der Waals surface area contributed by atoms with Crippen LogP contribution in [0.15, 0.2) is 24.3 Å². The summed E-state index contributed by atoms with van der Waals surface area (Å²) in [5, 5.41) is 10.3. The van der Waals surface area contributed by atoms with Crippen molar-refractivity contribution in [3.8, 4) is 5.75 Å². The van der Waals surface area contributed by atoms with Crippen molar-refractivity contribution in [3.63, 3.8) is 0 Å². The zero-order valence-electron chi connectivity index (χ0n) is 7.80. The van der Waals surface area contributed by atoms with Gasteiger partial charge in [0.25, 0.3) is 5.69 Å². The number of nitro benzene ring substituents is 1. The van der Waals surface area contributed by atoms with Gasteiger partial charge in [-0.25, -0.2) is 0 Å². The maximum Gasteiger partial charge on any atom is 0.269 e. The van der Waals surface area contributed by atoms with Crippen LogP contribution in [0.1, 0.15) is 0 Å². The van der Waals surface area contributed by atoms with Crippen LogP contribution in [0, 0.1) is 10.1 Å². The van der Waals surface area contributed by atoms with Gasteiger partial charge in [0.2, 0.25) is 0 Å². The molecule has 5 heteroatoms. The molecule has 0 fully saturated rings. The first-order valence-corrected chi connectivity index (χ1v) is 4.10. The van der Waals surface area contributed by atoms with E-state index in [0.717, 1.165) is 0 Å². The van der Waals surface area contributed by atoms with Crippen LogP contribution in [0.25, 0.3) is 0 Å². The van der Waals surface area contributed by atoms with Gasteiger partial charge < -0.3 is 9.47 Å². The first-order valence-electron chi connectivity index (χ1n) is 4.10. The summed E-state index contributed by atoms with van der Waals surface area (Å²) >= 11 is 0. The van der Waals surface area contributed by atoms with Crippen LogP contribution >= 0.6 is 0 Å². The minimum atomic E-state index is -0.446. The SMILES string of the molecule is COCCOc1ccc([N+](=O)[O-])cc1. The van der Waals surface area contributed by atoms with Gasteiger partial charge in [-0.05, 0) is 12.1 Å². The first kappa shape index (κ1) is 10.5. The van der Waals surface area contributed by atoms with Crippen LogP contribution in [0.4, 0.5) is 5.69 Å². The molecule has 0 bridgehead atoms. The molecule has 1 aromatic carbocycles. The predicted octanol–water partition coefficient (Wildman–Crippen LogP) is 1.62. The van der Waals surface area contributed by atoms with Crippen molar-refractivity contribution in [2.24, 2.45) is 0 Å². The van der Waals surface area contributed by atoms with E-state index in [2.05, 4.69) is 0 Å². The van der Waals surface area contributed by atoms with Gasteiger partial charge in [-0.2, -0.15) is 0 Å². The van der Waals surface area contributed by atoms with E-state index in [-0.39, 0.29) is 5.69 Å². The van der Waals surface area contributed by atoms with Crippen LogP contribution in [-0.2, 0) is 4.74 Å². The number of rotatable bonds is 5. The monoisotopic (exact) mass is 197 g/mol. The summed E-state index contributed by atoms with van der Waals surface area (Å²) in [4.78, 5) is 9.87. The van der Waals surface area contributed by atoms with Gasteiger partial charge in [0.05, 0.1) is 11.5 Å². The minimum Gasteiger partial charge on any atom is -0.491 e. The van der Waals surface area contributed by atoms with Crippen LogP contribution in [-0.4, -0.2) is 25.2 Å². The molecule has 0 unspecified atom stereocenters. The molecule has 76 valence electrons. The minimum absolute atomic E-state index is 0.0593. The third-order valence-corrected chi connectivity index (χ3v) is 1.60. The predicted molar refractivity (Wildman–Crippen MR) is 50.5 cm³/mol. The molecule has 1 aromatic rings. The van der Waals surface area contributed by atoms with E-state index in [4.69, 9.17) is 9.47 Å². The van der Waals surface area contributed by atoms with E-state index in [0.29, 0.717) is 19.0 Å². The van der Waals surface area contributed by atoms with E-state index in [1.54, 1.807) is 19.2 Å². The Labute approximate surface area is 81.4 Å². The molecule has 0 aliphatic carbocycles. The summed E-state index contributed by atoms with van der Waals surface area (Å²) in [6.45, 7) is 0.936. The smallest absolute Gasteiger partial charge is 0.269 e. The number of nitro groups is 1. The summed E-state index contributed by atoms with van der Waals surface area (Å²) < 4.78 is 10.0. The third-order valence-electron chi connectivity index (χ3n) is 1.60. The molecule has 0 atom stereocenters. The topological polar surface area (TPSA) is 61.6 Å². The maximum absolute atomic E-state index is 10.3. The molecular formula is C9H11NO4. The van der Waals surface area contributed by atoms with Gasteiger partial charge in [0.1, 0.15) is 12.4 Å². The van der Waals surface area contributed by atoms with E-state index in [1.165, 1.54) is 12.1 Å². The molecule has 14 heavy (non-hydrogen) atoms. The molecule has 0 radical (unpaired) electrons. The van der Waals surface area contributed by atoms with Crippen LogP contribution in [0.2, 0.25) is 0 Å². The van der Waals surface area contributed by atoms with E-state index < -0.39 is 4.92 Å². The highest BCUT2D eigenvalue weighted by Gasteiger charge is 2.03. The van der Waals surface area contributed by atoms with Crippen LogP contribution < -0.4 is 4.74 Å². The lowest BCUT2D eigenvalue weighted by molar-refractivity contribution is -0.384. The molecule has 1 rings (SSSR count). The van der Waals surface area contributed by atoms with Gasteiger partial charge in [0, 0.05) is 19.2 Å². The second-order valence-corrected chi connectivity index (χ2v) is 2.59. The number of benzene rings is 1. The lowest BCUT2D eigenvalue weighted by Crippen LogP contribution is -2.04. The van der Waals surface area contributed by atoms with Crippen molar-refractivity contribution < 1.29 is 14.4 Å². The van der Waals surface area contributed by atoms with Crippen molar-refractivity contribution in [1.29, 1.82) is 0 Å². The fourth-order valence-corrected chi connectivity index (χ4v) is 0.907. The lowest BCUT2D eigenvalue weighted by atomic mass is 10.3. The third kappa shape index (κ3) is 3.02. The van der Waals surface area contributed by atoms with Crippen molar-refractivity contribution in [3.05, 3.63) is 34.4 Å². The summed E-state index contributed by atoms with van der Waals surface area (Å²) in [7, 11) is 1.58. The average molecular weight is 197 g/mol. The van der Waals surface area contributed by atoms with Gasteiger partial charge in [0.15, 0.2) is 0 Å². The molecule has 0 spiro atoms. The summed E-state index contributed by atoms with van der Waals surface area (Å²) in [5.74, 6) is 0.604. The summed E-state index contributed by atoms with van der Waals surface area (Å²) in [6, 6.07) is 5.94. The maximum atomic E-state index is 10.3. The van der Waals surface area contributed by atoms with Crippen molar-refractivity contribution >= 4 is 5.69 Å². The fraction of sp³-hybridized carbons (Fsp3) is 0.333. The molecule has 0 heterocycles. The Balaban J connectivity index is 2.51. The molecule has 0 aliphatic heterocycles. The molecule has 5 nitrogen and oxygen atoms in total. The first-order chi connectivity index (χ1) is 6.74. The number of hydrogen-bond donors (Lipinski definition) is 0. The lowest BCUT2D eigenvalue weighted by Gasteiger charge is -2.03. The number of nitrogens with zero attached hydrogens (tertiary/aromatic N) is 1. The molecule has 0 amide bonds. The number of ether oxygens (including phenoxy) is 2. The Morgan fingerprint density at radius 2 is 1.93 bits per heavy atom. The Kier molecular flexibility index (Phi) is 3.87. The second kappa shape index (κ2) is 5.18. The Hall–Kier alpha value is -1.62. The molecule has 0 aliphatic rings. The Morgan fingerprint density at radius 3 is 2.43 bits per heavy atom. The largest absolute Gasteiger partial charge is 0.491 e. The normalized spacial score (nSPS) is 9.79. The van der Waals surface area contributed by atoms with Crippen LogP contribution in [0.3, 0.4) is 0 Å². The highest BCUT2D eigenvalue weighted by atomic mass is 16.6. The number of methoxy groups -OCH3 is 1. The summed E-state index contributed by atoms with van der Waals surface area (Å²) in [6.07, 6.45) is 0. The molecule has 0 saturated carbocycles. The van der Waals surface area contributed by atoms with Crippen molar-refractivity contribution in [2.45, 2.75) is 0 Å². The second-order valence-electron chi connectivity index (χ2n) is 2.59. The van der Waals surface area contributed by atoms with Gasteiger partial charge >= 0.3 is 0 Å². The Bertz CT molecular complexity index is 296. The van der Waals surface area contributed by atoms with Crippen LogP contribution in [0.5, 0.6) is 5.75 Å². The van der Waals surface area contributed by atoms with Gasteiger partial charge in [-0.1, -0.05) is 0 Å².